The number of fused-ring (bicyclic) bond motifs is 1. The average Bonchev–Trinajstić information content (AvgIpc) is 2.83. The topological polar surface area (TPSA) is 142 Å². The molecular weight excluding hydrogens is 422 g/mol. The minimum atomic E-state index is -0.250. The fraction of sp³-hybridized carbons (Fsp3) is 0.208. The van der Waals surface area contributed by atoms with E-state index in [0.717, 1.165) is 22.5 Å². The van der Waals surface area contributed by atoms with Crippen molar-refractivity contribution in [2.24, 2.45) is 0 Å². The fourth-order valence-corrected chi connectivity index (χ4v) is 3.66. The van der Waals surface area contributed by atoms with E-state index >= 15 is 0 Å². The number of hydrogen-bond acceptors (Lipinski definition) is 7. The third-order valence-electron chi connectivity index (χ3n) is 5.17. The van der Waals surface area contributed by atoms with E-state index in [1.54, 1.807) is 18.0 Å². The molecule has 0 atom stereocenters. The Morgan fingerprint density at radius 3 is 2.79 bits per heavy atom. The number of rotatable bonds is 4. The van der Waals surface area contributed by atoms with Gasteiger partial charge in [-0.3, -0.25) is 14.6 Å². The Hall–Kier alpha value is -4.45. The van der Waals surface area contributed by atoms with Gasteiger partial charge in [-0.1, -0.05) is 18.2 Å². The molecule has 3 N–H and O–H groups in total. The number of anilines is 1. The first-order valence-corrected chi connectivity index (χ1v) is 10.2. The van der Waals surface area contributed by atoms with Gasteiger partial charge in [0.2, 0.25) is 5.91 Å². The minimum absolute atomic E-state index is 0.00521. The van der Waals surface area contributed by atoms with E-state index in [1.165, 1.54) is 0 Å². The van der Waals surface area contributed by atoms with Gasteiger partial charge in [0.05, 0.1) is 11.4 Å². The van der Waals surface area contributed by atoms with E-state index in [2.05, 4.69) is 16.0 Å². The Labute approximate surface area is 191 Å². The SMILES string of the molecule is CC(=O)N1CCc2nc(N)c(C#N)c(-c3cccc(OCc4ccccn4)c3)c2C1.O=CO. The Balaban J connectivity index is 0.000000968. The van der Waals surface area contributed by atoms with Gasteiger partial charge in [0.15, 0.2) is 0 Å². The molecule has 1 aliphatic rings. The predicted molar refractivity (Wildman–Crippen MR) is 121 cm³/mol. The highest BCUT2D eigenvalue weighted by Crippen LogP contribution is 2.36. The summed E-state index contributed by atoms with van der Waals surface area (Å²) >= 11 is 0. The molecule has 0 fully saturated rings. The lowest BCUT2D eigenvalue weighted by Gasteiger charge is -2.29. The van der Waals surface area contributed by atoms with Crippen molar-refractivity contribution in [2.75, 3.05) is 12.3 Å². The molecule has 9 heteroatoms. The van der Waals surface area contributed by atoms with Crippen LogP contribution < -0.4 is 10.5 Å². The lowest BCUT2D eigenvalue weighted by atomic mass is 9.91. The molecule has 4 rings (SSSR count). The molecule has 1 aromatic carbocycles. The highest BCUT2D eigenvalue weighted by Gasteiger charge is 2.26. The molecule has 0 saturated heterocycles. The maximum atomic E-state index is 11.9. The highest BCUT2D eigenvalue weighted by molar-refractivity contribution is 5.81. The van der Waals surface area contributed by atoms with Gasteiger partial charge in [0.25, 0.3) is 6.47 Å². The number of nitrogen functional groups attached to an aromatic ring is 1. The number of nitrogens with zero attached hydrogens (tertiary/aromatic N) is 4. The van der Waals surface area contributed by atoms with Crippen molar-refractivity contribution in [2.45, 2.75) is 26.5 Å². The van der Waals surface area contributed by atoms with Gasteiger partial charge in [0.1, 0.15) is 29.8 Å². The largest absolute Gasteiger partial charge is 0.487 e. The molecule has 3 heterocycles. The normalized spacial score (nSPS) is 11.9. The van der Waals surface area contributed by atoms with E-state index < -0.39 is 0 Å². The number of hydrogen-bond donors (Lipinski definition) is 2. The quantitative estimate of drug-likeness (QED) is 0.584. The molecule has 0 radical (unpaired) electrons. The van der Waals surface area contributed by atoms with Crippen LogP contribution in [0.25, 0.3) is 11.1 Å². The molecule has 1 aliphatic heterocycles. The number of nitriles is 1. The number of aromatic nitrogens is 2. The summed E-state index contributed by atoms with van der Waals surface area (Å²) in [5.74, 6) is 0.863. The summed E-state index contributed by atoms with van der Waals surface area (Å²) in [5, 5.41) is 16.7. The summed E-state index contributed by atoms with van der Waals surface area (Å²) in [7, 11) is 0. The Morgan fingerprint density at radius 2 is 2.12 bits per heavy atom. The number of carbonyl (C=O) groups excluding carboxylic acids is 1. The maximum Gasteiger partial charge on any atom is 0.290 e. The standard InChI is InChI=1S/C23H21N5O2.CH2O2/c1-15(29)28-10-8-21-20(13-28)22(19(12-24)23(25)27-21)16-5-4-7-18(11-16)30-14-17-6-2-3-9-26-17;2-1-3/h2-7,9,11H,8,10,13-14H2,1H3,(H2,25,27);1H,(H,2,3). The zero-order valence-electron chi connectivity index (χ0n) is 18.1. The molecule has 0 unspecified atom stereocenters. The number of ether oxygens (including phenoxy) is 1. The summed E-state index contributed by atoms with van der Waals surface area (Å²) < 4.78 is 5.90. The van der Waals surface area contributed by atoms with Crippen LogP contribution in [0.5, 0.6) is 5.75 Å². The Morgan fingerprint density at radius 1 is 1.33 bits per heavy atom. The smallest absolute Gasteiger partial charge is 0.290 e. The van der Waals surface area contributed by atoms with Crippen LogP contribution in [0.4, 0.5) is 5.82 Å². The van der Waals surface area contributed by atoms with Gasteiger partial charge in [-0.15, -0.1) is 0 Å². The molecule has 0 aliphatic carbocycles. The average molecular weight is 445 g/mol. The summed E-state index contributed by atoms with van der Waals surface area (Å²) in [5.41, 5.74) is 10.5. The van der Waals surface area contributed by atoms with Gasteiger partial charge in [-0.2, -0.15) is 5.26 Å². The van der Waals surface area contributed by atoms with Crippen LogP contribution in [0.15, 0.2) is 48.7 Å². The first-order valence-electron chi connectivity index (χ1n) is 10.2. The molecule has 2 aromatic heterocycles. The summed E-state index contributed by atoms with van der Waals surface area (Å²) in [4.78, 5) is 30.8. The number of carboxylic acid groups (broad SMARTS) is 1. The van der Waals surface area contributed by atoms with Gasteiger partial charge in [-0.05, 0) is 29.8 Å². The van der Waals surface area contributed by atoms with Crippen molar-refractivity contribution in [1.29, 1.82) is 5.26 Å². The lowest BCUT2D eigenvalue weighted by molar-refractivity contribution is -0.129. The monoisotopic (exact) mass is 445 g/mol. The van der Waals surface area contributed by atoms with Crippen LogP contribution in [0.1, 0.15) is 29.4 Å². The number of nitrogens with two attached hydrogens (primary N) is 1. The van der Waals surface area contributed by atoms with Crippen LogP contribution in [0.3, 0.4) is 0 Å². The molecule has 0 bridgehead atoms. The molecule has 168 valence electrons. The predicted octanol–water partition coefficient (Wildman–Crippen LogP) is 2.78. The van der Waals surface area contributed by atoms with Crippen LogP contribution in [-0.2, 0) is 29.2 Å². The minimum Gasteiger partial charge on any atom is -0.487 e. The van der Waals surface area contributed by atoms with Gasteiger partial charge in [0, 0.05) is 43.8 Å². The zero-order valence-corrected chi connectivity index (χ0v) is 18.1. The van der Waals surface area contributed by atoms with Crippen molar-refractivity contribution in [3.05, 3.63) is 71.2 Å². The number of amides is 1. The van der Waals surface area contributed by atoms with Crippen LogP contribution in [-0.4, -0.2) is 38.9 Å². The molecule has 33 heavy (non-hydrogen) atoms. The van der Waals surface area contributed by atoms with Gasteiger partial charge < -0.3 is 20.5 Å². The first kappa shape index (κ1) is 23.2. The number of carbonyl (C=O) groups is 2. The second-order valence-corrected chi connectivity index (χ2v) is 7.22. The van der Waals surface area contributed by atoms with E-state index in [0.29, 0.717) is 43.0 Å². The maximum absolute atomic E-state index is 11.9. The molecule has 9 nitrogen and oxygen atoms in total. The molecular formula is C24H23N5O4. The highest BCUT2D eigenvalue weighted by atomic mass is 16.5. The second-order valence-electron chi connectivity index (χ2n) is 7.22. The van der Waals surface area contributed by atoms with Crippen molar-refractivity contribution in [1.82, 2.24) is 14.9 Å². The number of pyridine rings is 2. The number of benzene rings is 1. The second kappa shape index (κ2) is 10.7. The molecule has 0 spiro atoms. The Kier molecular flexibility index (Phi) is 7.55. The van der Waals surface area contributed by atoms with E-state index in [1.807, 2.05) is 42.5 Å². The third-order valence-corrected chi connectivity index (χ3v) is 5.17. The third kappa shape index (κ3) is 5.43. The lowest BCUT2D eigenvalue weighted by Crippen LogP contribution is -2.35. The fourth-order valence-electron chi connectivity index (χ4n) is 3.66. The summed E-state index contributed by atoms with van der Waals surface area (Å²) in [6.07, 6.45) is 2.33. The van der Waals surface area contributed by atoms with E-state index in [4.69, 9.17) is 20.4 Å². The zero-order chi connectivity index (χ0) is 23.8. The van der Waals surface area contributed by atoms with E-state index in [9.17, 15) is 10.1 Å². The van der Waals surface area contributed by atoms with Gasteiger partial charge in [-0.25, -0.2) is 4.98 Å². The summed E-state index contributed by atoms with van der Waals surface area (Å²) in [6, 6.07) is 15.4. The summed E-state index contributed by atoms with van der Waals surface area (Å²) in [6.45, 7) is 2.63. The van der Waals surface area contributed by atoms with E-state index in [-0.39, 0.29) is 18.2 Å². The van der Waals surface area contributed by atoms with Crippen LogP contribution in [0, 0.1) is 11.3 Å². The molecule has 0 saturated carbocycles. The molecule has 3 aromatic rings. The first-order chi connectivity index (χ1) is 16.0. The van der Waals surface area contributed by atoms with Crippen LogP contribution in [0.2, 0.25) is 0 Å². The van der Waals surface area contributed by atoms with Crippen molar-refractivity contribution in [3.63, 3.8) is 0 Å². The van der Waals surface area contributed by atoms with Gasteiger partial charge >= 0.3 is 0 Å². The Bertz CT molecular complexity index is 1190. The van der Waals surface area contributed by atoms with Crippen LogP contribution >= 0.6 is 0 Å². The van der Waals surface area contributed by atoms with Crippen molar-refractivity contribution >= 4 is 18.2 Å². The molecule has 1 amide bonds. The van der Waals surface area contributed by atoms with Crippen molar-refractivity contribution < 1.29 is 19.4 Å². The van der Waals surface area contributed by atoms with Crippen molar-refractivity contribution in [3.8, 4) is 22.9 Å².